The van der Waals surface area contributed by atoms with Crippen molar-refractivity contribution < 1.29 is 26.3 Å². The van der Waals surface area contributed by atoms with Gasteiger partial charge in [0.15, 0.2) is 0 Å². The van der Waals surface area contributed by atoms with Gasteiger partial charge in [0.2, 0.25) is 0 Å². The Balaban J connectivity index is 1.11. The first kappa shape index (κ1) is 47.8. The molecule has 2 aromatic heterocycles. The van der Waals surface area contributed by atoms with Crippen LogP contribution in [0.25, 0.3) is 122 Å². The summed E-state index contributed by atoms with van der Waals surface area (Å²) in [6, 6.07) is 78.9. The van der Waals surface area contributed by atoms with Crippen molar-refractivity contribution in [3.63, 3.8) is 0 Å². The maximum Gasteiger partial charge on any atom is 0.417 e. The van der Waals surface area contributed by atoms with Crippen LogP contribution in [0.15, 0.2) is 249 Å². The summed E-state index contributed by atoms with van der Waals surface area (Å²) in [6.45, 7) is 0. The van der Waals surface area contributed by atoms with Crippen molar-refractivity contribution in [1.82, 2.24) is 9.13 Å². The highest BCUT2D eigenvalue weighted by Crippen LogP contribution is 2.48. The van der Waals surface area contributed by atoms with Crippen LogP contribution in [0.4, 0.5) is 26.3 Å². The molecule has 2 heterocycles. The molecule has 11 aromatic carbocycles. The number of alkyl halides is 6. The summed E-state index contributed by atoms with van der Waals surface area (Å²) in [6.07, 6.45) is -10.3. The van der Waals surface area contributed by atoms with Crippen LogP contribution < -0.4 is 0 Å². The van der Waals surface area contributed by atoms with Crippen LogP contribution in [0.3, 0.4) is 0 Å². The first-order chi connectivity index (χ1) is 37.9. The van der Waals surface area contributed by atoms with Gasteiger partial charge in [0.05, 0.1) is 50.5 Å². The van der Waals surface area contributed by atoms with Gasteiger partial charge in [-0.2, -0.15) is 31.6 Å². The number of aromatic nitrogens is 2. The molecule has 0 spiro atoms. The van der Waals surface area contributed by atoms with E-state index in [1.165, 1.54) is 12.1 Å². The molecule has 0 fully saturated rings. The van der Waals surface area contributed by atoms with E-state index in [4.69, 9.17) is 0 Å². The van der Waals surface area contributed by atoms with Gasteiger partial charge in [-0.25, -0.2) is 0 Å². The molecule has 13 rings (SSSR count). The Morgan fingerprint density at radius 3 is 1.05 bits per heavy atom. The SMILES string of the molecule is N#Cc1ccc(-n2c3ccc(-c4ccccc4)cc3c3cc(-c4ccccc4)ccc32)cc1-c1cc(-c2c(C(F)(F)F)cccc2C(F)(F)F)ccc1-n1c2ccc(-c3ccccc3)cc2c2cc(-c3ccccc3)ccc21. The maximum atomic E-state index is 15.1. The van der Waals surface area contributed by atoms with Crippen LogP contribution in [-0.4, -0.2) is 9.13 Å². The molecule has 0 bridgehead atoms. The molecule has 0 aliphatic rings. The van der Waals surface area contributed by atoms with Gasteiger partial charge in [-0.15, -0.1) is 0 Å². The molecule has 0 aliphatic heterocycles. The van der Waals surface area contributed by atoms with Crippen molar-refractivity contribution in [2.24, 2.45) is 0 Å². The smallest absolute Gasteiger partial charge is 0.309 e. The van der Waals surface area contributed by atoms with Crippen LogP contribution in [0.1, 0.15) is 16.7 Å². The fourth-order valence-electron chi connectivity index (χ4n) is 11.3. The zero-order valence-electron chi connectivity index (χ0n) is 41.3. The third-order valence-corrected chi connectivity index (χ3v) is 14.8. The predicted octanol–water partition coefficient (Wildman–Crippen LogP) is 19.8. The molecule has 0 atom stereocenters. The fraction of sp³-hybridized carbons (Fsp3) is 0.0290. The van der Waals surface area contributed by atoms with Crippen molar-refractivity contribution in [2.45, 2.75) is 12.4 Å². The van der Waals surface area contributed by atoms with Crippen LogP contribution in [-0.2, 0) is 12.4 Å². The number of nitrogens with zero attached hydrogens (tertiary/aromatic N) is 3. The van der Waals surface area contributed by atoms with E-state index in [-0.39, 0.29) is 16.7 Å². The van der Waals surface area contributed by atoms with Crippen molar-refractivity contribution in [3.8, 4) is 84.2 Å². The second-order valence-electron chi connectivity index (χ2n) is 19.4. The van der Waals surface area contributed by atoms with Crippen LogP contribution in [0.2, 0.25) is 0 Å². The second-order valence-corrected chi connectivity index (χ2v) is 19.4. The lowest BCUT2D eigenvalue weighted by Gasteiger charge is -2.22. The molecule has 0 N–H and O–H groups in total. The minimum absolute atomic E-state index is 0.161. The highest BCUT2D eigenvalue weighted by atomic mass is 19.4. The number of hydrogen-bond donors (Lipinski definition) is 0. The van der Waals surface area contributed by atoms with Gasteiger partial charge in [0.25, 0.3) is 0 Å². The maximum absolute atomic E-state index is 15.1. The van der Waals surface area contributed by atoms with Crippen molar-refractivity contribution in [1.29, 1.82) is 5.26 Å². The van der Waals surface area contributed by atoms with Gasteiger partial charge in [0.1, 0.15) is 0 Å². The lowest BCUT2D eigenvalue weighted by atomic mass is 9.89. The molecule has 9 heteroatoms. The first-order valence-electron chi connectivity index (χ1n) is 25.3. The normalized spacial score (nSPS) is 12.0. The third kappa shape index (κ3) is 8.26. The van der Waals surface area contributed by atoms with Crippen molar-refractivity contribution >= 4 is 43.6 Å². The molecule has 0 radical (unpaired) electrons. The zero-order chi connectivity index (χ0) is 53.3. The number of nitriles is 1. The molecule has 374 valence electrons. The van der Waals surface area contributed by atoms with E-state index in [0.717, 1.165) is 94.2 Å². The molecule has 13 aromatic rings. The zero-order valence-corrected chi connectivity index (χ0v) is 41.3. The lowest BCUT2D eigenvalue weighted by molar-refractivity contribution is -0.142. The molecule has 0 aliphatic carbocycles. The summed E-state index contributed by atoms with van der Waals surface area (Å²) < 4.78 is 94.7. The lowest BCUT2D eigenvalue weighted by Crippen LogP contribution is -2.14. The molecule has 0 saturated carbocycles. The highest BCUT2D eigenvalue weighted by molar-refractivity contribution is 6.13. The monoisotopic (exact) mass is 1030 g/mol. The number of halogens is 6. The molecule has 0 amide bonds. The quantitative estimate of drug-likeness (QED) is 0.140. The molecule has 78 heavy (non-hydrogen) atoms. The Morgan fingerprint density at radius 2 is 0.679 bits per heavy atom. The van der Waals surface area contributed by atoms with Crippen molar-refractivity contribution in [3.05, 3.63) is 265 Å². The number of benzene rings is 11. The van der Waals surface area contributed by atoms with Gasteiger partial charge in [-0.05, 0) is 141 Å². The summed E-state index contributed by atoms with van der Waals surface area (Å²) in [5.41, 5.74) is 8.68. The third-order valence-electron chi connectivity index (χ3n) is 14.8. The van der Waals surface area contributed by atoms with Crippen molar-refractivity contribution in [2.75, 3.05) is 0 Å². The summed E-state index contributed by atoms with van der Waals surface area (Å²) in [4.78, 5) is 0. The Bertz CT molecular complexity index is 4280. The molecule has 0 unspecified atom stereocenters. The van der Waals surface area contributed by atoms with Crippen LogP contribution in [0, 0.1) is 11.3 Å². The van der Waals surface area contributed by atoms with E-state index in [9.17, 15) is 5.26 Å². The first-order valence-corrected chi connectivity index (χ1v) is 25.3. The Morgan fingerprint density at radius 1 is 0.308 bits per heavy atom. The summed E-state index contributed by atoms with van der Waals surface area (Å²) >= 11 is 0. The fourth-order valence-corrected chi connectivity index (χ4v) is 11.3. The van der Waals surface area contributed by atoms with Gasteiger partial charge in [-0.3, -0.25) is 0 Å². The van der Waals surface area contributed by atoms with Gasteiger partial charge < -0.3 is 9.13 Å². The molecule has 0 saturated heterocycles. The van der Waals surface area contributed by atoms with E-state index in [1.54, 1.807) is 12.1 Å². The van der Waals surface area contributed by atoms with E-state index in [1.807, 2.05) is 138 Å². The summed E-state index contributed by atoms with van der Waals surface area (Å²) in [5, 5.41) is 14.7. The highest BCUT2D eigenvalue weighted by Gasteiger charge is 2.41. The minimum atomic E-state index is -5.15. The Labute approximate surface area is 444 Å². The standard InChI is InChI=1S/C69H41F6N3/c70-68(71,72)60-22-13-23-61(69(73,74)75)67(60)51-29-35-64(78-65-33-27-49(45-18-9-3-10-19-45)38-58(65)59-39-50(28-34-66(59)78)46-20-11-4-12-21-46)55(40-51)54-41-53(30-24-52(54)42-76)77-62-31-25-47(43-14-5-1-6-15-43)36-56(62)57-37-48(26-32-63(57)77)44-16-7-2-8-17-44/h1-41H. The van der Waals surface area contributed by atoms with E-state index in [2.05, 4.69) is 83.4 Å². The predicted molar refractivity (Wildman–Crippen MR) is 302 cm³/mol. The van der Waals surface area contributed by atoms with Gasteiger partial charge in [0, 0.05) is 43.9 Å². The van der Waals surface area contributed by atoms with Crippen LogP contribution in [0.5, 0.6) is 0 Å². The largest absolute Gasteiger partial charge is 0.417 e. The summed E-state index contributed by atoms with van der Waals surface area (Å²) in [7, 11) is 0. The van der Waals surface area contributed by atoms with E-state index >= 15 is 26.3 Å². The number of fused-ring (bicyclic) bond motifs is 6. The van der Waals surface area contributed by atoms with Gasteiger partial charge in [-0.1, -0.05) is 158 Å². The second kappa shape index (κ2) is 18.7. The number of hydrogen-bond acceptors (Lipinski definition) is 1. The average molecular weight is 1030 g/mol. The summed E-state index contributed by atoms with van der Waals surface area (Å²) in [5.74, 6) is 0. The number of rotatable bonds is 8. The minimum Gasteiger partial charge on any atom is -0.309 e. The average Bonchev–Trinajstić information content (AvgIpc) is 4.22. The molecular formula is C69H41F6N3. The van der Waals surface area contributed by atoms with E-state index < -0.39 is 29.0 Å². The Kier molecular flexibility index (Phi) is 11.5. The van der Waals surface area contributed by atoms with E-state index in [0.29, 0.717) is 29.1 Å². The van der Waals surface area contributed by atoms with Gasteiger partial charge >= 0.3 is 12.4 Å². The van der Waals surface area contributed by atoms with Crippen LogP contribution >= 0.6 is 0 Å². The molecule has 3 nitrogen and oxygen atoms in total. The molecular weight excluding hydrogens is 985 g/mol. The Hall–Kier alpha value is -9.91. The topological polar surface area (TPSA) is 33.6 Å².